The SMILES string of the molecule is CCC(N)C(N)C(N)CCCN. The van der Waals surface area contributed by atoms with Gasteiger partial charge >= 0.3 is 0 Å². The van der Waals surface area contributed by atoms with Gasteiger partial charge in [-0.05, 0) is 25.8 Å². The number of hydrogen-bond acceptors (Lipinski definition) is 4. The normalized spacial score (nSPS) is 18.8. The molecular weight excluding hydrogens is 152 g/mol. The van der Waals surface area contributed by atoms with Gasteiger partial charge < -0.3 is 22.9 Å². The number of rotatable bonds is 6. The van der Waals surface area contributed by atoms with Crippen molar-refractivity contribution in [3.63, 3.8) is 0 Å². The van der Waals surface area contributed by atoms with E-state index in [1.54, 1.807) is 0 Å². The molecule has 0 heterocycles. The minimum atomic E-state index is -0.0958. The van der Waals surface area contributed by atoms with Crippen molar-refractivity contribution >= 4 is 0 Å². The van der Waals surface area contributed by atoms with E-state index in [1.165, 1.54) is 0 Å². The van der Waals surface area contributed by atoms with Crippen LogP contribution >= 0.6 is 0 Å². The molecule has 0 rings (SSSR count). The van der Waals surface area contributed by atoms with Gasteiger partial charge in [-0.3, -0.25) is 0 Å². The first-order valence-electron chi connectivity index (χ1n) is 4.60. The lowest BCUT2D eigenvalue weighted by molar-refractivity contribution is 0.412. The second-order valence-electron chi connectivity index (χ2n) is 3.24. The second-order valence-corrected chi connectivity index (χ2v) is 3.24. The Bertz CT molecular complexity index is 107. The van der Waals surface area contributed by atoms with Crippen molar-refractivity contribution in [2.75, 3.05) is 6.54 Å². The van der Waals surface area contributed by atoms with E-state index in [0.29, 0.717) is 6.54 Å². The highest BCUT2D eigenvalue weighted by atomic mass is 14.8. The van der Waals surface area contributed by atoms with E-state index in [-0.39, 0.29) is 18.1 Å². The van der Waals surface area contributed by atoms with Gasteiger partial charge in [0.2, 0.25) is 0 Å². The Kier molecular flexibility index (Phi) is 6.28. The zero-order valence-electron chi connectivity index (χ0n) is 7.87. The molecule has 4 heteroatoms. The molecule has 0 saturated heterocycles. The fraction of sp³-hybridized carbons (Fsp3) is 1.00. The standard InChI is InChI=1S/C8H22N4/c1-2-6(10)8(12)7(11)4-3-5-9/h6-8H,2-5,9-12H2,1H3. The maximum Gasteiger partial charge on any atom is 0.0346 e. The lowest BCUT2D eigenvalue weighted by Gasteiger charge is -2.24. The lowest BCUT2D eigenvalue weighted by atomic mass is 9.97. The van der Waals surface area contributed by atoms with Crippen molar-refractivity contribution in [3.8, 4) is 0 Å². The van der Waals surface area contributed by atoms with Gasteiger partial charge in [0.25, 0.3) is 0 Å². The molecule has 0 aliphatic heterocycles. The Hall–Kier alpha value is -0.160. The molecule has 0 saturated carbocycles. The molecule has 3 atom stereocenters. The highest BCUT2D eigenvalue weighted by molar-refractivity contribution is 4.84. The third kappa shape index (κ3) is 4.01. The first-order chi connectivity index (χ1) is 5.63. The summed E-state index contributed by atoms with van der Waals surface area (Å²) in [5.74, 6) is 0. The minimum absolute atomic E-state index is 0.0106. The maximum atomic E-state index is 5.82. The van der Waals surface area contributed by atoms with Crippen molar-refractivity contribution in [1.82, 2.24) is 0 Å². The molecule has 0 aromatic rings. The van der Waals surface area contributed by atoms with E-state index >= 15 is 0 Å². The molecule has 0 aliphatic carbocycles. The van der Waals surface area contributed by atoms with Crippen LogP contribution in [0, 0.1) is 0 Å². The molecule has 12 heavy (non-hydrogen) atoms. The summed E-state index contributed by atoms with van der Waals surface area (Å²) in [6.07, 6.45) is 2.66. The van der Waals surface area contributed by atoms with E-state index < -0.39 is 0 Å². The Labute approximate surface area is 74.7 Å². The van der Waals surface area contributed by atoms with Crippen LogP contribution in [0.2, 0.25) is 0 Å². The third-order valence-corrected chi connectivity index (χ3v) is 2.20. The number of hydrogen-bond donors (Lipinski definition) is 4. The van der Waals surface area contributed by atoms with E-state index in [2.05, 4.69) is 0 Å². The average molecular weight is 174 g/mol. The van der Waals surface area contributed by atoms with Crippen LogP contribution in [0.1, 0.15) is 26.2 Å². The van der Waals surface area contributed by atoms with E-state index in [1.807, 2.05) is 6.92 Å². The van der Waals surface area contributed by atoms with Crippen LogP contribution < -0.4 is 22.9 Å². The van der Waals surface area contributed by atoms with Crippen molar-refractivity contribution in [1.29, 1.82) is 0 Å². The fourth-order valence-corrected chi connectivity index (χ4v) is 1.14. The van der Waals surface area contributed by atoms with Gasteiger partial charge in [0.15, 0.2) is 0 Å². The van der Waals surface area contributed by atoms with Crippen LogP contribution in [0.5, 0.6) is 0 Å². The quantitative estimate of drug-likeness (QED) is 0.419. The van der Waals surface area contributed by atoms with Crippen LogP contribution in [-0.2, 0) is 0 Å². The summed E-state index contributed by atoms with van der Waals surface area (Å²) in [5.41, 5.74) is 22.8. The molecular formula is C8H22N4. The van der Waals surface area contributed by atoms with Crippen molar-refractivity contribution in [3.05, 3.63) is 0 Å². The molecule has 74 valence electrons. The first-order valence-corrected chi connectivity index (χ1v) is 4.60. The summed E-state index contributed by atoms with van der Waals surface area (Å²) in [6, 6.07) is -0.0946. The predicted octanol–water partition coefficient (Wildman–Crippen LogP) is -0.883. The molecule has 0 amide bonds. The molecule has 0 radical (unpaired) electrons. The summed E-state index contributed by atoms with van der Waals surface area (Å²) < 4.78 is 0. The summed E-state index contributed by atoms with van der Waals surface area (Å²) in [5, 5.41) is 0. The molecule has 0 spiro atoms. The molecule has 0 aromatic heterocycles. The van der Waals surface area contributed by atoms with Gasteiger partial charge in [0, 0.05) is 18.1 Å². The zero-order chi connectivity index (χ0) is 9.56. The van der Waals surface area contributed by atoms with Gasteiger partial charge in [-0.2, -0.15) is 0 Å². The van der Waals surface area contributed by atoms with Crippen LogP contribution in [0.25, 0.3) is 0 Å². The molecule has 8 N–H and O–H groups in total. The summed E-state index contributed by atoms with van der Waals surface area (Å²) in [6.45, 7) is 2.68. The second kappa shape index (κ2) is 6.37. The van der Waals surface area contributed by atoms with Gasteiger partial charge in [0.1, 0.15) is 0 Å². The predicted molar refractivity (Wildman–Crippen MR) is 52.5 cm³/mol. The smallest absolute Gasteiger partial charge is 0.0346 e. The number of nitrogens with two attached hydrogens (primary N) is 4. The van der Waals surface area contributed by atoms with Crippen molar-refractivity contribution in [2.45, 2.75) is 44.3 Å². The summed E-state index contributed by atoms with van der Waals surface area (Å²) in [4.78, 5) is 0. The van der Waals surface area contributed by atoms with Crippen LogP contribution in [-0.4, -0.2) is 24.7 Å². The average Bonchev–Trinajstić information content (AvgIpc) is 2.11. The molecule has 0 aliphatic rings. The summed E-state index contributed by atoms with van der Waals surface area (Å²) >= 11 is 0. The Balaban J connectivity index is 3.67. The Morgan fingerprint density at radius 2 is 1.67 bits per heavy atom. The van der Waals surface area contributed by atoms with Crippen molar-refractivity contribution < 1.29 is 0 Å². The molecule has 0 fully saturated rings. The van der Waals surface area contributed by atoms with E-state index in [0.717, 1.165) is 19.3 Å². The van der Waals surface area contributed by atoms with E-state index in [4.69, 9.17) is 22.9 Å². The molecule has 3 unspecified atom stereocenters. The van der Waals surface area contributed by atoms with Crippen LogP contribution in [0.15, 0.2) is 0 Å². The topological polar surface area (TPSA) is 104 Å². The maximum absolute atomic E-state index is 5.82. The summed E-state index contributed by atoms with van der Waals surface area (Å²) in [7, 11) is 0. The highest BCUT2D eigenvalue weighted by Crippen LogP contribution is 2.02. The lowest BCUT2D eigenvalue weighted by Crippen LogP contribution is -2.52. The Morgan fingerprint density at radius 3 is 2.08 bits per heavy atom. The third-order valence-electron chi connectivity index (χ3n) is 2.20. The van der Waals surface area contributed by atoms with Gasteiger partial charge in [-0.15, -0.1) is 0 Å². The highest BCUT2D eigenvalue weighted by Gasteiger charge is 2.18. The zero-order valence-corrected chi connectivity index (χ0v) is 7.87. The molecule has 4 nitrogen and oxygen atoms in total. The molecule has 0 aromatic carbocycles. The molecule has 0 bridgehead atoms. The first kappa shape index (κ1) is 11.8. The van der Waals surface area contributed by atoms with Crippen molar-refractivity contribution in [2.24, 2.45) is 22.9 Å². The fourth-order valence-electron chi connectivity index (χ4n) is 1.14. The van der Waals surface area contributed by atoms with Gasteiger partial charge in [0.05, 0.1) is 0 Å². The largest absolute Gasteiger partial charge is 0.330 e. The van der Waals surface area contributed by atoms with E-state index in [9.17, 15) is 0 Å². The van der Waals surface area contributed by atoms with Gasteiger partial charge in [-0.1, -0.05) is 6.92 Å². The van der Waals surface area contributed by atoms with Gasteiger partial charge in [-0.25, -0.2) is 0 Å². The minimum Gasteiger partial charge on any atom is -0.330 e. The van der Waals surface area contributed by atoms with Crippen LogP contribution in [0.3, 0.4) is 0 Å². The Morgan fingerprint density at radius 1 is 1.08 bits per heavy atom. The monoisotopic (exact) mass is 174 g/mol. The van der Waals surface area contributed by atoms with Crippen LogP contribution in [0.4, 0.5) is 0 Å².